The first-order chi connectivity index (χ1) is 12.7. The molecule has 1 aliphatic heterocycles. The number of amides is 1. The van der Waals surface area contributed by atoms with Crippen molar-refractivity contribution in [3.63, 3.8) is 0 Å². The van der Waals surface area contributed by atoms with Gasteiger partial charge in [0.05, 0.1) is 5.69 Å². The van der Waals surface area contributed by atoms with Crippen LogP contribution in [0.25, 0.3) is 5.69 Å². The maximum atomic E-state index is 12.6. The first-order valence-electron chi connectivity index (χ1n) is 8.59. The maximum absolute atomic E-state index is 12.6. The predicted molar refractivity (Wildman–Crippen MR) is 95.2 cm³/mol. The zero-order valence-electron chi connectivity index (χ0n) is 14.5. The Balaban J connectivity index is 1.51. The lowest BCUT2D eigenvalue weighted by molar-refractivity contribution is 0.102. The molecule has 1 amide bonds. The molecule has 9 nitrogen and oxygen atoms in total. The summed E-state index contributed by atoms with van der Waals surface area (Å²) in [5.41, 5.74) is 1.29. The molecular weight excluding hydrogens is 332 g/mol. The van der Waals surface area contributed by atoms with Crippen LogP contribution in [0.4, 0.5) is 5.95 Å². The van der Waals surface area contributed by atoms with Gasteiger partial charge in [0.1, 0.15) is 12.7 Å². The minimum Gasteiger partial charge on any atom is -0.317 e. The van der Waals surface area contributed by atoms with Crippen molar-refractivity contribution in [3.8, 4) is 5.69 Å². The number of anilines is 1. The summed E-state index contributed by atoms with van der Waals surface area (Å²) >= 11 is 0. The second-order valence-electron chi connectivity index (χ2n) is 6.29. The summed E-state index contributed by atoms with van der Waals surface area (Å²) in [7, 11) is 1.79. The summed E-state index contributed by atoms with van der Waals surface area (Å²) < 4.78 is 3.23. The topological polar surface area (TPSA) is 103 Å². The number of piperidine rings is 1. The molecule has 4 rings (SSSR count). The molecule has 0 aliphatic carbocycles. The molecule has 1 saturated heterocycles. The third-order valence-corrected chi connectivity index (χ3v) is 4.50. The minimum absolute atomic E-state index is 0.237. The van der Waals surface area contributed by atoms with Crippen LogP contribution in [-0.4, -0.2) is 48.5 Å². The highest BCUT2D eigenvalue weighted by atomic mass is 16.1. The molecule has 0 unspecified atom stereocenters. The molecule has 3 heterocycles. The van der Waals surface area contributed by atoms with Crippen molar-refractivity contribution >= 4 is 11.9 Å². The number of nitrogens with one attached hydrogen (secondary N) is 2. The molecule has 134 valence electrons. The van der Waals surface area contributed by atoms with Crippen LogP contribution in [-0.2, 0) is 7.05 Å². The monoisotopic (exact) mass is 352 g/mol. The van der Waals surface area contributed by atoms with E-state index in [4.69, 9.17) is 0 Å². The number of hydrogen-bond acceptors (Lipinski definition) is 6. The van der Waals surface area contributed by atoms with Crippen LogP contribution in [0.3, 0.4) is 0 Å². The summed E-state index contributed by atoms with van der Waals surface area (Å²) in [6, 6.07) is 7.18. The number of benzene rings is 1. The van der Waals surface area contributed by atoms with Gasteiger partial charge in [0.2, 0.25) is 5.95 Å². The fourth-order valence-corrected chi connectivity index (χ4v) is 3.07. The summed E-state index contributed by atoms with van der Waals surface area (Å²) in [6.45, 7) is 1.94. The van der Waals surface area contributed by atoms with Crippen LogP contribution in [0.15, 0.2) is 36.9 Å². The van der Waals surface area contributed by atoms with Crippen LogP contribution in [0, 0.1) is 0 Å². The van der Waals surface area contributed by atoms with Gasteiger partial charge in [-0.1, -0.05) is 6.07 Å². The first kappa shape index (κ1) is 16.4. The van der Waals surface area contributed by atoms with Crippen molar-refractivity contribution in [1.29, 1.82) is 0 Å². The van der Waals surface area contributed by atoms with Crippen LogP contribution in [0.5, 0.6) is 0 Å². The fourth-order valence-electron chi connectivity index (χ4n) is 3.07. The molecule has 2 N–H and O–H groups in total. The summed E-state index contributed by atoms with van der Waals surface area (Å²) in [4.78, 5) is 21.1. The fraction of sp³-hybridized carbons (Fsp3) is 0.353. The molecule has 0 atom stereocenters. The van der Waals surface area contributed by atoms with E-state index < -0.39 is 0 Å². The van der Waals surface area contributed by atoms with Crippen LogP contribution in [0.2, 0.25) is 0 Å². The third-order valence-electron chi connectivity index (χ3n) is 4.50. The zero-order chi connectivity index (χ0) is 17.9. The van der Waals surface area contributed by atoms with Gasteiger partial charge in [-0.2, -0.15) is 15.2 Å². The van der Waals surface area contributed by atoms with Gasteiger partial charge in [-0.05, 0) is 44.1 Å². The van der Waals surface area contributed by atoms with E-state index in [-0.39, 0.29) is 5.91 Å². The highest BCUT2D eigenvalue weighted by molar-refractivity contribution is 6.03. The van der Waals surface area contributed by atoms with Gasteiger partial charge in [-0.25, -0.2) is 14.3 Å². The Morgan fingerprint density at radius 2 is 2.15 bits per heavy atom. The van der Waals surface area contributed by atoms with Crippen molar-refractivity contribution < 1.29 is 4.79 Å². The average Bonchev–Trinajstić information content (AvgIpc) is 3.33. The molecule has 3 aromatic rings. The van der Waals surface area contributed by atoms with E-state index in [1.54, 1.807) is 34.9 Å². The Morgan fingerprint density at radius 1 is 1.31 bits per heavy atom. The highest BCUT2D eigenvalue weighted by Crippen LogP contribution is 2.23. The first-order valence-corrected chi connectivity index (χ1v) is 8.59. The molecule has 0 spiro atoms. The largest absolute Gasteiger partial charge is 0.317 e. The summed E-state index contributed by atoms with van der Waals surface area (Å²) in [5.74, 6) is 1.35. The molecule has 9 heteroatoms. The Morgan fingerprint density at radius 3 is 2.92 bits per heavy atom. The molecule has 26 heavy (non-hydrogen) atoms. The van der Waals surface area contributed by atoms with E-state index in [9.17, 15) is 4.79 Å². The SMILES string of the molecule is Cn1nc(C2CCNCC2)nc1NC(=O)c1cccc(-n2cncn2)c1. The molecule has 1 aliphatic rings. The van der Waals surface area contributed by atoms with Crippen LogP contribution < -0.4 is 10.6 Å². The van der Waals surface area contributed by atoms with Crippen molar-refractivity contribution in [1.82, 2.24) is 34.8 Å². The zero-order valence-corrected chi connectivity index (χ0v) is 14.5. The second kappa shape index (κ2) is 7.04. The lowest BCUT2D eigenvalue weighted by Crippen LogP contribution is -2.27. The van der Waals surface area contributed by atoms with E-state index >= 15 is 0 Å². The van der Waals surface area contributed by atoms with E-state index in [0.717, 1.165) is 37.4 Å². The average molecular weight is 352 g/mol. The number of carbonyl (C=O) groups is 1. The van der Waals surface area contributed by atoms with Crippen molar-refractivity contribution in [2.24, 2.45) is 7.05 Å². The Kier molecular flexibility index (Phi) is 4.44. The van der Waals surface area contributed by atoms with Crippen molar-refractivity contribution in [2.45, 2.75) is 18.8 Å². The normalized spacial score (nSPS) is 15.1. The van der Waals surface area contributed by atoms with Gasteiger partial charge in [-0.15, -0.1) is 0 Å². The Hall–Kier alpha value is -3.07. The highest BCUT2D eigenvalue weighted by Gasteiger charge is 2.21. The third kappa shape index (κ3) is 3.33. The van der Waals surface area contributed by atoms with Gasteiger partial charge < -0.3 is 5.32 Å². The lowest BCUT2D eigenvalue weighted by Gasteiger charge is -2.19. The van der Waals surface area contributed by atoms with Gasteiger partial charge in [0.25, 0.3) is 5.91 Å². The Labute approximate surface area is 150 Å². The smallest absolute Gasteiger partial charge is 0.258 e. The molecule has 1 aromatic carbocycles. The van der Waals surface area contributed by atoms with Gasteiger partial charge >= 0.3 is 0 Å². The second-order valence-corrected chi connectivity index (χ2v) is 6.29. The van der Waals surface area contributed by atoms with Gasteiger partial charge in [-0.3, -0.25) is 10.1 Å². The van der Waals surface area contributed by atoms with Gasteiger partial charge in [0, 0.05) is 18.5 Å². The molecule has 2 aromatic heterocycles. The van der Waals surface area contributed by atoms with Gasteiger partial charge in [0.15, 0.2) is 5.82 Å². The molecule has 0 radical (unpaired) electrons. The summed E-state index contributed by atoms with van der Waals surface area (Å²) in [5, 5.41) is 14.7. The molecule has 0 saturated carbocycles. The number of aryl methyl sites for hydroxylation is 1. The van der Waals surface area contributed by atoms with E-state index in [1.807, 2.05) is 12.1 Å². The van der Waals surface area contributed by atoms with E-state index in [2.05, 4.69) is 30.8 Å². The number of hydrogen-bond donors (Lipinski definition) is 2. The van der Waals surface area contributed by atoms with Crippen molar-refractivity contribution in [2.75, 3.05) is 18.4 Å². The predicted octanol–water partition coefficient (Wildman–Crippen LogP) is 1.12. The van der Waals surface area contributed by atoms with Crippen LogP contribution >= 0.6 is 0 Å². The minimum atomic E-state index is -0.237. The van der Waals surface area contributed by atoms with Crippen molar-refractivity contribution in [3.05, 3.63) is 48.3 Å². The van der Waals surface area contributed by atoms with Crippen LogP contribution in [0.1, 0.15) is 34.9 Å². The molecular formula is C17H20N8O. The number of aromatic nitrogens is 6. The standard InChI is InChI=1S/C17H20N8O/c1-24-17(21-15(23-24)12-5-7-18-8-6-12)22-16(26)13-3-2-4-14(9-13)25-11-19-10-20-25/h2-4,9-12,18H,5-8H2,1H3,(H,21,22,23,26). The maximum Gasteiger partial charge on any atom is 0.258 e. The molecule has 1 fully saturated rings. The number of carbonyl (C=O) groups excluding carboxylic acids is 1. The summed E-state index contributed by atoms with van der Waals surface area (Å²) in [6.07, 6.45) is 5.06. The van der Waals surface area contributed by atoms with E-state index in [0.29, 0.717) is 17.4 Å². The lowest BCUT2D eigenvalue weighted by atomic mass is 9.98. The number of rotatable bonds is 4. The molecule has 0 bridgehead atoms. The van der Waals surface area contributed by atoms with E-state index in [1.165, 1.54) is 6.33 Å². The Bertz CT molecular complexity index is 895. The number of nitrogens with zero attached hydrogens (tertiary/aromatic N) is 6. The quantitative estimate of drug-likeness (QED) is 0.729.